The number of nitrogens with zero attached hydrogens (tertiary/aromatic N) is 1. The van der Waals surface area contributed by atoms with Crippen LogP contribution < -0.4 is 10.9 Å². The van der Waals surface area contributed by atoms with Crippen molar-refractivity contribution in [3.05, 3.63) is 115 Å². The van der Waals surface area contributed by atoms with Gasteiger partial charge in [-0.05, 0) is 22.5 Å². The molecule has 4 aromatic heterocycles. The summed E-state index contributed by atoms with van der Waals surface area (Å²) in [6.45, 7) is 0. The summed E-state index contributed by atoms with van der Waals surface area (Å²) in [6, 6.07) is 41.9. The first-order chi connectivity index (χ1) is 21.8. The Morgan fingerprint density at radius 1 is 0.523 bits per heavy atom. The molecule has 44 heavy (non-hydrogen) atoms. The first-order valence-corrected chi connectivity index (χ1v) is 15.2. The molecule has 0 fully saturated rings. The van der Waals surface area contributed by atoms with Crippen molar-refractivity contribution in [3.8, 4) is 11.1 Å². The number of H-pyrrole nitrogens is 1. The summed E-state index contributed by atoms with van der Waals surface area (Å²) in [4.78, 5) is 3.93. The van der Waals surface area contributed by atoms with E-state index >= 15 is 0 Å². The second kappa shape index (κ2) is 7.24. The summed E-state index contributed by atoms with van der Waals surface area (Å²) < 4.78 is 9.39. The second-order valence-electron chi connectivity index (χ2n) is 12.3. The van der Waals surface area contributed by atoms with Crippen molar-refractivity contribution in [2.75, 3.05) is 0 Å². The van der Waals surface area contributed by atoms with Gasteiger partial charge in [0, 0.05) is 54.2 Å². The lowest BCUT2D eigenvalue weighted by Crippen LogP contribution is -2.34. The largest absolute Gasteiger partial charge is 0.455 e. The van der Waals surface area contributed by atoms with Crippen LogP contribution in [0.4, 0.5) is 0 Å². The lowest BCUT2D eigenvalue weighted by molar-refractivity contribution is 0.673. The Hall–Kier alpha value is -5.74. The fourth-order valence-corrected chi connectivity index (χ4v) is 8.58. The standard InChI is InChI=1S/C40H20BN2O/c1-2-9-21-20(8-1)18-19-23-22-11-5-14-27(36(22)42-35(21)23)31-32-26-10-3-4-17-30(26)44-40(32)33-28-15-6-12-24-25-13-7-16-29-38(25)43(37(24)28)39(33)34(31)41-29/h1-19,42H. The molecule has 5 heterocycles. The molecule has 4 heteroatoms. The SMILES string of the molecule is [B]1c2cccc3c4cccc5c6c7oc8ccccc8c7c(-c7cccc8c7[nH]c7c9ccccc9ccc87)c1c6n(c23)c45. The molecule has 11 aromatic rings. The zero-order chi connectivity index (χ0) is 28.3. The molecule has 1 aliphatic rings. The average Bonchev–Trinajstić information content (AvgIpc) is 3.82. The van der Waals surface area contributed by atoms with Gasteiger partial charge in [-0.2, -0.15) is 0 Å². The highest BCUT2D eigenvalue weighted by Gasteiger charge is 2.32. The van der Waals surface area contributed by atoms with Gasteiger partial charge in [0.05, 0.1) is 27.5 Å². The van der Waals surface area contributed by atoms with Crippen LogP contribution >= 0.6 is 0 Å². The van der Waals surface area contributed by atoms with E-state index in [1.54, 1.807) is 0 Å². The zero-order valence-corrected chi connectivity index (χ0v) is 23.4. The van der Waals surface area contributed by atoms with Crippen molar-refractivity contribution >= 4 is 111 Å². The highest BCUT2D eigenvalue weighted by molar-refractivity contribution is 6.76. The van der Waals surface area contributed by atoms with Gasteiger partial charge >= 0.3 is 0 Å². The fourth-order valence-electron chi connectivity index (χ4n) is 8.58. The minimum absolute atomic E-state index is 0.920. The third-order valence-corrected chi connectivity index (χ3v) is 10.3. The quantitative estimate of drug-likeness (QED) is 0.201. The molecule has 0 saturated carbocycles. The van der Waals surface area contributed by atoms with E-state index in [4.69, 9.17) is 4.42 Å². The second-order valence-corrected chi connectivity index (χ2v) is 12.3. The molecular weight excluding hydrogens is 535 g/mol. The maximum absolute atomic E-state index is 6.87. The molecule has 0 aliphatic carbocycles. The van der Waals surface area contributed by atoms with Crippen molar-refractivity contribution in [2.45, 2.75) is 0 Å². The van der Waals surface area contributed by atoms with Crippen LogP contribution in [0.1, 0.15) is 0 Å². The predicted octanol–water partition coefficient (Wildman–Crippen LogP) is 9.16. The summed E-state index contributed by atoms with van der Waals surface area (Å²) in [5, 5.41) is 12.4. The molecule has 1 aliphatic heterocycles. The van der Waals surface area contributed by atoms with Gasteiger partial charge in [-0.3, -0.25) is 0 Å². The van der Waals surface area contributed by atoms with E-state index in [2.05, 4.69) is 132 Å². The lowest BCUT2D eigenvalue weighted by Gasteiger charge is -2.19. The predicted molar refractivity (Wildman–Crippen MR) is 186 cm³/mol. The molecule has 0 atom stereocenters. The summed E-state index contributed by atoms with van der Waals surface area (Å²) in [6.07, 6.45) is 0. The summed E-state index contributed by atoms with van der Waals surface area (Å²) in [5.41, 5.74) is 13.0. The van der Waals surface area contributed by atoms with Crippen molar-refractivity contribution in [1.29, 1.82) is 0 Å². The van der Waals surface area contributed by atoms with Gasteiger partial charge in [-0.15, -0.1) is 0 Å². The van der Waals surface area contributed by atoms with Gasteiger partial charge in [-0.25, -0.2) is 0 Å². The highest BCUT2D eigenvalue weighted by atomic mass is 16.3. The van der Waals surface area contributed by atoms with Gasteiger partial charge in [0.1, 0.15) is 11.2 Å². The van der Waals surface area contributed by atoms with Crippen molar-refractivity contribution in [2.24, 2.45) is 0 Å². The Labute approximate surface area is 250 Å². The number of hydrogen-bond acceptors (Lipinski definition) is 1. The molecule has 0 amide bonds. The van der Waals surface area contributed by atoms with Crippen LogP contribution in [0.3, 0.4) is 0 Å². The normalized spacial score (nSPS) is 13.2. The molecule has 0 saturated heterocycles. The minimum Gasteiger partial charge on any atom is -0.455 e. The van der Waals surface area contributed by atoms with Crippen LogP contribution in [-0.4, -0.2) is 16.7 Å². The lowest BCUT2D eigenvalue weighted by atomic mass is 9.59. The number of aromatic nitrogens is 2. The number of hydrogen-bond donors (Lipinski definition) is 1. The fraction of sp³-hybridized carbons (Fsp3) is 0. The average molecular weight is 555 g/mol. The van der Waals surface area contributed by atoms with E-state index in [-0.39, 0.29) is 0 Å². The Kier molecular flexibility index (Phi) is 3.60. The molecule has 0 spiro atoms. The van der Waals surface area contributed by atoms with Gasteiger partial charge in [0.2, 0.25) is 0 Å². The number of fused-ring (bicyclic) bond motifs is 11. The van der Waals surface area contributed by atoms with Gasteiger partial charge in [0.15, 0.2) is 7.28 Å². The van der Waals surface area contributed by atoms with Crippen LogP contribution in [0.25, 0.3) is 104 Å². The molecule has 0 bridgehead atoms. The molecular formula is C40H20BN2O. The number of para-hydroxylation sites is 4. The van der Waals surface area contributed by atoms with Crippen LogP contribution in [0.15, 0.2) is 120 Å². The first-order valence-electron chi connectivity index (χ1n) is 15.2. The van der Waals surface area contributed by atoms with E-state index in [1.165, 1.54) is 92.6 Å². The third kappa shape index (κ3) is 2.33. The third-order valence-electron chi connectivity index (χ3n) is 10.3. The van der Waals surface area contributed by atoms with E-state index < -0.39 is 0 Å². The topological polar surface area (TPSA) is 33.3 Å². The number of aromatic amines is 1. The molecule has 1 N–H and O–H groups in total. The smallest absolute Gasteiger partial charge is 0.197 e. The van der Waals surface area contributed by atoms with Crippen molar-refractivity contribution < 1.29 is 4.42 Å². The van der Waals surface area contributed by atoms with Crippen molar-refractivity contribution in [3.63, 3.8) is 0 Å². The highest BCUT2D eigenvalue weighted by Crippen LogP contribution is 2.48. The van der Waals surface area contributed by atoms with Gasteiger partial charge in [0.25, 0.3) is 0 Å². The van der Waals surface area contributed by atoms with Crippen LogP contribution in [0.5, 0.6) is 0 Å². The Balaban J connectivity index is 1.37. The molecule has 3 nitrogen and oxygen atoms in total. The Morgan fingerprint density at radius 2 is 1.25 bits per heavy atom. The minimum atomic E-state index is 0.920. The molecule has 0 unspecified atom stereocenters. The van der Waals surface area contributed by atoms with E-state index in [0.29, 0.717) is 0 Å². The first kappa shape index (κ1) is 21.9. The monoisotopic (exact) mass is 555 g/mol. The summed E-state index contributed by atoms with van der Waals surface area (Å²) in [7, 11) is 2.43. The van der Waals surface area contributed by atoms with Gasteiger partial charge in [-0.1, -0.05) is 115 Å². The van der Waals surface area contributed by atoms with Crippen molar-refractivity contribution in [1.82, 2.24) is 9.38 Å². The summed E-state index contributed by atoms with van der Waals surface area (Å²) in [5.74, 6) is 0. The van der Waals surface area contributed by atoms with E-state index in [0.717, 1.165) is 22.1 Å². The molecule has 12 rings (SSSR count). The van der Waals surface area contributed by atoms with E-state index in [1.807, 2.05) is 0 Å². The molecule has 199 valence electrons. The zero-order valence-electron chi connectivity index (χ0n) is 23.4. The molecule has 7 aromatic carbocycles. The molecule has 1 radical (unpaired) electrons. The van der Waals surface area contributed by atoms with Gasteiger partial charge < -0.3 is 13.8 Å². The van der Waals surface area contributed by atoms with Crippen LogP contribution in [-0.2, 0) is 0 Å². The Bertz CT molecular complexity index is 3080. The summed E-state index contributed by atoms with van der Waals surface area (Å²) >= 11 is 0. The van der Waals surface area contributed by atoms with E-state index in [9.17, 15) is 0 Å². The maximum Gasteiger partial charge on any atom is 0.197 e. The number of rotatable bonds is 1. The van der Waals surface area contributed by atoms with Crippen LogP contribution in [0.2, 0.25) is 0 Å². The number of furan rings is 1. The number of nitrogens with one attached hydrogen (secondary N) is 1. The number of benzene rings is 7. The van der Waals surface area contributed by atoms with Crippen LogP contribution in [0, 0.1) is 0 Å². The Morgan fingerprint density at radius 3 is 2.20 bits per heavy atom. The maximum atomic E-state index is 6.87.